The van der Waals surface area contributed by atoms with Gasteiger partial charge in [-0.15, -0.1) is 0 Å². The molecule has 0 unspecified atom stereocenters. The lowest BCUT2D eigenvalue weighted by molar-refractivity contribution is 0.592. The van der Waals surface area contributed by atoms with Crippen molar-refractivity contribution in [1.29, 1.82) is 0 Å². The van der Waals surface area contributed by atoms with Gasteiger partial charge in [0.1, 0.15) is 4.60 Å². The second-order valence-corrected chi connectivity index (χ2v) is 5.93. The van der Waals surface area contributed by atoms with Crippen LogP contribution >= 0.6 is 15.9 Å². The normalized spacial score (nSPS) is 11.4. The molecule has 0 atom stereocenters. The Kier molecular flexibility index (Phi) is 3.26. The lowest BCUT2D eigenvalue weighted by Crippen LogP contribution is -2.17. The van der Waals surface area contributed by atoms with Crippen LogP contribution in [0.2, 0.25) is 0 Å². The first-order valence-corrected chi connectivity index (χ1v) is 7.09. The molecule has 0 bridgehead atoms. The van der Waals surface area contributed by atoms with Crippen LogP contribution in [0, 0.1) is 0 Å². The third kappa shape index (κ3) is 2.46. The summed E-state index contributed by atoms with van der Waals surface area (Å²) in [5, 5.41) is -0.0783. The molecule has 0 radical (unpaired) electrons. The zero-order valence-electron chi connectivity index (χ0n) is 9.33. The molecule has 0 spiro atoms. The molecule has 0 amide bonds. The van der Waals surface area contributed by atoms with E-state index in [0.717, 1.165) is 0 Å². The Morgan fingerprint density at radius 2 is 2.11 bits per heavy atom. The zero-order valence-corrected chi connectivity index (χ0v) is 11.7. The van der Waals surface area contributed by atoms with Gasteiger partial charge in [-0.2, -0.15) is 8.42 Å². The highest BCUT2D eigenvalue weighted by atomic mass is 79.9. The Balaban J connectivity index is 2.36. The van der Waals surface area contributed by atoms with Gasteiger partial charge in [0.15, 0.2) is 10.8 Å². The molecule has 2 heterocycles. The Morgan fingerprint density at radius 1 is 1.39 bits per heavy atom. The summed E-state index contributed by atoms with van der Waals surface area (Å²) < 4.78 is 28.5. The number of aryl methyl sites for hydroxylation is 1. The Morgan fingerprint density at radius 3 is 2.61 bits per heavy atom. The molecule has 0 aromatic carbocycles. The molecule has 0 saturated carbocycles. The van der Waals surface area contributed by atoms with Crippen molar-refractivity contribution in [2.24, 2.45) is 7.05 Å². The molecule has 0 aliphatic rings. The molecular formula is C9H10BrN5O2S. The van der Waals surface area contributed by atoms with E-state index in [1.165, 1.54) is 17.1 Å². The second-order valence-electron chi connectivity index (χ2n) is 3.52. The van der Waals surface area contributed by atoms with E-state index in [9.17, 15) is 8.42 Å². The van der Waals surface area contributed by atoms with Crippen LogP contribution in [-0.2, 0) is 17.1 Å². The minimum absolute atomic E-state index is 0.0462. The molecular weight excluding hydrogens is 322 g/mol. The van der Waals surface area contributed by atoms with Gasteiger partial charge in [-0.25, -0.2) is 9.97 Å². The van der Waals surface area contributed by atoms with E-state index in [4.69, 9.17) is 5.73 Å². The highest BCUT2D eigenvalue weighted by molar-refractivity contribution is 9.10. The van der Waals surface area contributed by atoms with Crippen molar-refractivity contribution in [3.63, 3.8) is 0 Å². The molecule has 18 heavy (non-hydrogen) atoms. The Labute approximate surface area is 112 Å². The summed E-state index contributed by atoms with van der Waals surface area (Å²) in [6.07, 6.45) is 2.73. The van der Waals surface area contributed by atoms with Crippen LogP contribution in [0.3, 0.4) is 0 Å². The number of aromatic nitrogens is 3. The van der Waals surface area contributed by atoms with Crippen LogP contribution in [0.15, 0.2) is 34.3 Å². The summed E-state index contributed by atoms with van der Waals surface area (Å²) >= 11 is 3.16. The van der Waals surface area contributed by atoms with Crippen molar-refractivity contribution in [2.75, 3.05) is 10.5 Å². The van der Waals surface area contributed by atoms with Crippen molar-refractivity contribution >= 4 is 37.5 Å². The number of nitrogens with one attached hydrogen (secondary N) is 1. The molecule has 7 nitrogen and oxygen atoms in total. The van der Waals surface area contributed by atoms with Crippen molar-refractivity contribution in [3.05, 3.63) is 29.3 Å². The predicted octanol–water partition coefficient (Wildman–Crippen LogP) is 0.961. The number of anilines is 2. The van der Waals surface area contributed by atoms with Crippen molar-refractivity contribution < 1.29 is 8.42 Å². The van der Waals surface area contributed by atoms with Crippen LogP contribution in [0.4, 0.5) is 11.5 Å². The maximum Gasteiger partial charge on any atom is 0.281 e. The van der Waals surface area contributed by atoms with Crippen molar-refractivity contribution in [1.82, 2.24) is 14.5 Å². The standard InChI is InChI=1S/C9H10BrN5O2S/c1-15-5-13-8(11)9(15)18(16,17)14-6-2-3-7(10)12-4-6/h2-5,14H,11H2,1H3. The minimum atomic E-state index is -3.77. The quantitative estimate of drug-likeness (QED) is 0.815. The maximum absolute atomic E-state index is 12.1. The highest BCUT2D eigenvalue weighted by Gasteiger charge is 2.22. The number of pyridine rings is 1. The summed E-state index contributed by atoms with van der Waals surface area (Å²) in [6, 6.07) is 3.21. The Hall–Kier alpha value is -1.61. The molecule has 0 aliphatic carbocycles. The second kappa shape index (κ2) is 4.58. The lowest BCUT2D eigenvalue weighted by Gasteiger charge is -2.08. The molecule has 2 rings (SSSR count). The number of rotatable bonds is 3. The summed E-state index contributed by atoms with van der Waals surface area (Å²) in [5.74, 6) is -0.0462. The van der Waals surface area contributed by atoms with Gasteiger partial charge in [-0.1, -0.05) is 0 Å². The maximum atomic E-state index is 12.1. The van der Waals surface area contributed by atoms with E-state index in [0.29, 0.717) is 10.3 Å². The fraction of sp³-hybridized carbons (Fsp3) is 0.111. The monoisotopic (exact) mass is 331 g/mol. The van der Waals surface area contributed by atoms with Gasteiger partial charge >= 0.3 is 0 Å². The largest absolute Gasteiger partial charge is 0.381 e. The third-order valence-electron chi connectivity index (χ3n) is 2.14. The molecule has 2 aromatic rings. The average Bonchev–Trinajstić information content (AvgIpc) is 2.62. The average molecular weight is 332 g/mol. The first-order valence-electron chi connectivity index (χ1n) is 4.81. The van der Waals surface area contributed by atoms with Gasteiger partial charge in [0.2, 0.25) is 0 Å². The van der Waals surface area contributed by atoms with E-state index in [2.05, 4.69) is 30.6 Å². The lowest BCUT2D eigenvalue weighted by atomic mass is 10.4. The predicted molar refractivity (Wildman–Crippen MR) is 70.4 cm³/mol. The van der Waals surface area contributed by atoms with Gasteiger partial charge in [0, 0.05) is 7.05 Å². The van der Waals surface area contributed by atoms with Crippen LogP contribution in [0.5, 0.6) is 0 Å². The van der Waals surface area contributed by atoms with E-state index in [1.807, 2.05) is 0 Å². The number of nitrogens with two attached hydrogens (primary N) is 1. The van der Waals surface area contributed by atoms with E-state index in [1.54, 1.807) is 19.2 Å². The van der Waals surface area contributed by atoms with Gasteiger partial charge in [-0.05, 0) is 28.1 Å². The van der Waals surface area contributed by atoms with Crippen molar-refractivity contribution in [3.8, 4) is 0 Å². The summed E-state index contributed by atoms with van der Waals surface area (Å²) in [6.45, 7) is 0. The molecule has 0 aliphatic heterocycles. The number of imidazole rings is 1. The summed E-state index contributed by atoms with van der Waals surface area (Å²) in [7, 11) is -2.22. The van der Waals surface area contributed by atoms with E-state index in [-0.39, 0.29) is 10.8 Å². The summed E-state index contributed by atoms with van der Waals surface area (Å²) in [5.41, 5.74) is 5.88. The Bertz CT molecular complexity index is 645. The number of hydrogen-bond donors (Lipinski definition) is 2. The first kappa shape index (κ1) is 12.8. The molecule has 3 N–H and O–H groups in total. The first-order chi connectivity index (χ1) is 8.40. The number of nitrogens with zero attached hydrogens (tertiary/aromatic N) is 3. The number of nitrogen functional groups attached to an aromatic ring is 1. The molecule has 96 valence electrons. The topological polar surface area (TPSA) is 103 Å². The smallest absolute Gasteiger partial charge is 0.281 e. The SMILES string of the molecule is Cn1cnc(N)c1S(=O)(=O)Nc1ccc(Br)nc1. The number of sulfonamides is 1. The molecule has 0 saturated heterocycles. The van der Waals surface area contributed by atoms with E-state index < -0.39 is 10.0 Å². The number of hydrogen-bond acceptors (Lipinski definition) is 5. The van der Waals surface area contributed by atoms with Crippen LogP contribution in [0.1, 0.15) is 0 Å². The van der Waals surface area contributed by atoms with Gasteiger partial charge in [-0.3, -0.25) is 4.72 Å². The third-order valence-corrected chi connectivity index (χ3v) is 4.12. The van der Waals surface area contributed by atoms with E-state index >= 15 is 0 Å². The van der Waals surface area contributed by atoms with Gasteiger partial charge in [0.25, 0.3) is 10.0 Å². The van der Waals surface area contributed by atoms with Gasteiger partial charge in [0.05, 0.1) is 18.2 Å². The molecule has 0 fully saturated rings. The molecule has 2 aromatic heterocycles. The van der Waals surface area contributed by atoms with Crippen LogP contribution in [-0.4, -0.2) is 23.0 Å². The fourth-order valence-corrected chi connectivity index (χ4v) is 2.92. The van der Waals surface area contributed by atoms with Crippen LogP contribution < -0.4 is 10.5 Å². The zero-order chi connectivity index (χ0) is 13.3. The fourth-order valence-electron chi connectivity index (χ4n) is 1.40. The minimum Gasteiger partial charge on any atom is -0.381 e. The molecule has 9 heteroatoms. The highest BCUT2D eigenvalue weighted by Crippen LogP contribution is 2.20. The van der Waals surface area contributed by atoms with Gasteiger partial charge < -0.3 is 10.3 Å². The number of halogens is 1. The van der Waals surface area contributed by atoms with Crippen molar-refractivity contribution in [2.45, 2.75) is 5.03 Å². The summed E-state index contributed by atoms with van der Waals surface area (Å²) in [4.78, 5) is 7.66. The van der Waals surface area contributed by atoms with Crippen LogP contribution in [0.25, 0.3) is 0 Å².